The minimum Gasteiger partial charge on any atom is -0.278 e. The Bertz CT molecular complexity index is 457. The first kappa shape index (κ1) is 7.56. The summed E-state index contributed by atoms with van der Waals surface area (Å²) in [5, 5.41) is 8.69. The molecule has 0 bridgehead atoms. The molecule has 0 saturated heterocycles. The zero-order valence-electron chi connectivity index (χ0n) is 7.05. The van der Waals surface area contributed by atoms with Crippen LogP contribution in [-0.2, 0) is 0 Å². The molecule has 2 aromatic rings. The molecule has 1 N–H and O–H groups in total. The first-order chi connectivity index (χ1) is 6.34. The van der Waals surface area contributed by atoms with Crippen LogP contribution in [0.25, 0.3) is 10.9 Å². The highest BCUT2D eigenvalue weighted by Gasteiger charge is 2.27. The lowest BCUT2D eigenvalue weighted by Gasteiger charge is -1.93. The van der Waals surface area contributed by atoms with Gasteiger partial charge in [-0.1, -0.05) is 15.9 Å². The zero-order chi connectivity index (χ0) is 8.84. The Labute approximate surface area is 84.5 Å². The number of benzene rings is 1. The van der Waals surface area contributed by atoms with E-state index in [0.717, 1.165) is 9.99 Å². The molecule has 13 heavy (non-hydrogen) atoms. The molecule has 3 rings (SSSR count). The summed E-state index contributed by atoms with van der Waals surface area (Å²) in [5.74, 6) is 0.711. The van der Waals surface area contributed by atoms with E-state index in [2.05, 4.69) is 38.3 Å². The Hall–Kier alpha value is -0.830. The zero-order valence-corrected chi connectivity index (χ0v) is 8.63. The smallest absolute Gasteiger partial charge is 0.0732 e. The maximum absolute atomic E-state index is 4.35. The topological polar surface area (TPSA) is 28.7 Å². The Kier molecular flexibility index (Phi) is 1.50. The van der Waals surface area contributed by atoms with Gasteiger partial charge in [-0.3, -0.25) is 5.10 Å². The van der Waals surface area contributed by atoms with Gasteiger partial charge in [0, 0.05) is 15.8 Å². The first-order valence-electron chi connectivity index (χ1n) is 4.48. The average Bonchev–Trinajstić information content (AvgIpc) is 2.87. The largest absolute Gasteiger partial charge is 0.278 e. The lowest BCUT2D eigenvalue weighted by Crippen LogP contribution is -1.78. The van der Waals surface area contributed by atoms with Crippen LogP contribution in [0.15, 0.2) is 22.7 Å². The summed E-state index contributed by atoms with van der Waals surface area (Å²) in [6.07, 6.45) is 2.60. The number of aromatic nitrogens is 2. The minimum absolute atomic E-state index is 0.711. The van der Waals surface area contributed by atoms with Crippen LogP contribution in [0.5, 0.6) is 0 Å². The third-order valence-electron chi connectivity index (χ3n) is 2.52. The lowest BCUT2D eigenvalue weighted by molar-refractivity contribution is 0.978. The molecule has 2 nitrogen and oxygen atoms in total. The number of H-pyrrole nitrogens is 1. The van der Waals surface area contributed by atoms with Gasteiger partial charge in [0.25, 0.3) is 0 Å². The van der Waals surface area contributed by atoms with Crippen LogP contribution in [0.1, 0.15) is 24.5 Å². The van der Waals surface area contributed by atoms with E-state index in [1.165, 1.54) is 23.9 Å². The Morgan fingerprint density at radius 2 is 2.23 bits per heavy atom. The molecule has 3 heteroatoms. The molecule has 1 aliphatic carbocycles. The summed E-state index contributed by atoms with van der Waals surface area (Å²) < 4.78 is 1.13. The van der Waals surface area contributed by atoms with Gasteiger partial charge < -0.3 is 0 Å². The van der Waals surface area contributed by atoms with Gasteiger partial charge in [-0.05, 0) is 31.0 Å². The summed E-state index contributed by atoms with van der Waals surface area (Å²) >= 11 is 3.48. The van der Waals surface area contributed by atoms with Crippen molar-refractivity contribution < 1.29 is 0 Å². The van der Waals surface area contributed by atoms with Crippen molar-refractivity contribution in [1.82, 2.24) is 10.2 Å². The van der Waals surface area contributed by atoms with Crippen molar-refractivity contribution in [3.63, 3.8) is 0 Å². The van der Waals surface area contributed by atoms with Crippen LogP contribution in [-0.4, -0.2) is 10.2 Å². The predicted molar refractivity (Wildman–Crippen MR) is 55.8 cm³/mol. The fraction of sp³-hybridized carbons (Fsp3) is 0.300. The Balaban J connectivity index is 2.29. The van der Waals surface area contributed by atoms with Gasteiger partial charge in [0.05, 0.1) is 11.2 Å². The van der Waals surface area contributed by atoms with Gasteiger partial charge in [-0.2, -0.15) is 5.10 Å². The molecular formula is C10H9BrN2. The van der Waals surface area contributed by atoms with Crippen LogP contribution < -0.4 is 0 Å². The second-order valence-corrected chi connectivity index (χ2v) is 4.49. The van der Waals surface area contributed by atoms with E-state index in [0.29, 0.717) is 5.92 Å². The van der Waals surface area contributed by atoms with Crippen molar-refractivity contribution >= 4 is 26.8 Å². The number of fused-ring (bicyclic) bond motifs is 1. The lowest BCUT2D eigenvalue weighted by atomic mass is 10.1. The van der Waals surface area contributed by atoms with Crippen molar-refractivity contribution in [3.05, 3.63) is 28.4 Å². The minimum atomic E-state index is 0.711. The summed E-state index contributed by atoms with van der Waals surface area (Å²) in [4.78, 5) is 0. The fourth-order valence-electron chi connectivity index (χ4n) is 1.67. The Morgan fingerprint density at radius 3 is 3.00 bits per heavy atom. The maximum Gasteiger partial charge on any atom is 0.0732 e. The number of nitrogens with zero attached hydrogens (tertiary/aromatic N) is 1. The molecule has 0 radical (unpaired) electrons. The third-order valence-corrected chi connectivity index (χ3v) is 3.01. The van der Waals surface area contributed by atoms with Gasteiger partial charge in [0.1, 0.15) is 0 Å². The summed E-state index contributed by atoms with van der Waals surface area (Å²) in [7, 11) is 0. The number of nitrogens with one attached hydrogen (secondary N) is 1. The van der Waals surface area contributed by atoms with Crippen molar-refractivity contribution in [2.75, 3.05) is 0 Å². The highest BCUT2D eigenvalue weighted by molar-refractivity contribution is 9.10. The molecule has 0 atom stereocenters. The standard InChI is InChI=1S/C10H9BrN2/c11-7-3-4-9-8(5-7)10(13-12-9)6-1-2-6/h3-6H,1-2H2,(H,12,13). The monoisotopic (exact) mass is 236 g/mol. The number of hydrogen-bond donors (Lipinski definition) is 1. The molecule has 0 aliphatic heterocycles. The molecular weight excluding hydrogens is 228 g/mol. The number of aromatic amines is 1. The highest BCUT2D eigenvalue weighted by Crippen LogP contribution is 2.42. The molecule has 66 valence electrons. The van der Waals surface area contributed by atoms with Crippen LogP contribution >= 0.6 is 15.9 Å². The van der Waals surface area contributed by atoms with Crippen molar-refractivity contribution in [2.24, 2.45) is 0 Å². The average molecular weight is 237 g/mol. The van der Waals surface area contributed by atoms with Gasteiger partial charge in [-0.25, -0.2) is 0 Å². The molecule has 1 heterocycles. The van der Waals surface area contributed by atoms with E-state index < -0.39 is 0 Å². The van der Waals surface area contributed by atoms with E-state index in [1.54, 1.807) is 0 Å². The quantitative estimate of drug-likeness (QED) is 0.810. The molecule has 1 aromatic heterocycles. The van der Waals surface area contributed by atoms with Gasteiger partial charge in [-0.15, -0.1) is 0 Å². The number of rotatable bonds is 1. The van der Waals surface area contributed by atoms with Crippen molar-refractivity contribution in [3.8, 4) is 0 Å². The number of halogens is 1. The van der Waals surface area contributed by atoms with Crippen molar-refractivity contribution in [2.45, 2.75) is 18.8 Å². The van der Waals surface area contributed by atoms with Gasteiger partial charge in [0.15, 0.2) is 0 Å². The molecule has 1 aliphatic rings. The molecule has 0 spiro atoms. The molecule has 1 saturated carbocycles. The summed E-state index contributed by atoms with van der Waals surface area (Å²) in [6, 6.07) is 6.25. The molecule has 0 unspecified atom stereocenters. The second kappa shape index (κ2) is 2.58. The Morgan fingerprint density at radius 1 is 1.38 bits per heavy atom. The fourth-order valence-corrected chi connectivity index (χ4v) is 2.04. The van der Waals surface area contributed by atoms with Crippen LogP contribution in [0.3, 0.4) is 0 Å². The van der Waals surface area contributed by atoms with E-state index in [4.69, 9.17) is 0 Å². The maximum atomic E-state index is 4.35. The number of hydrogen-bond acceptors (Lipinski definition) is 1. The first-order valence-corrected chi connectivity index (χ1v) is 5.27. The molecule has 0 amide bonds. The summed E-state index contributed by atoms with van der Waals surface area (Å²) in [6.45, 7) is 0. The van der Waals surface area contributed by atoms with Crippen LogP contribution in [0, 0.1) is 0 Å². The highest BCUT2D eigenvalue weighted by atomic mass is 79.9. The van der Waals surface area contributed by atoms with E-state index in [1.807, 2.05) is 6.07 Å². The second-order valence-electron chi connectivity index (χ2n) is 3.57. The molecule has 1 fully saturated rings. The van der Waals surface area contributed by atoms with E-state index in [9.17, 15) is 0 Å². The van der Waals surface area contributed by atoms with Gasteiger partial charge in [0.2, 0.25) is 0 Å². The molecule has 1 aromatic carbocycles. The predicted octanol–water partition coefficient (Wildman–Crippen LogP) is 3.20. The van der Waals surface area contributed by atoms with Crippen molar-refractivity contribution in [1.29, 1.82) is 0 Å². The SMILES string of the molecule is Brc1ccc2[nH]nc(C3CC3)c2c1. The third kappa shape index (κ3) is 1.18. The van der Waals surface area contributed by atoms with Crippen LogP contribution in [0.4, 0.5) is 0 Å². The van der Waals surface area contributed by atoms with E-state index >= 15 is 0 Å². The van der Waals surface area contributed by atoms with Crippen LogP contribution in [0.2, 0.25) is 0 Å². The van der Waals surface area contributed by atoms with E-state index in [-0.39, 0.29) is 0 Å². The normalized spacial score (nSPS) is 16.7. The summed E-state index contributed by atoms with van der Waals surface area (Å²) in [5.41, 5.74) is 2.39. The van der Waals surface area contributed by atoms with Gasteiger partial charge >= 0.3 is 0 Å².